The lowest BCUT2D eigenvalue weighted by Gasteiger charge is -2.22. The number of hydrogen-bond acceptors (Lipinski definition) is 6. The Morgan fingerprint density at radius 1 is 0.404 bits per heavy atom. The van der Waals surface area contributed by atoms with Crippen LogP contribution in [0.3, 0.4) is 0 Å². The molecule has 2 atom stereocenters. The van der Waals surface area contributed by atoms with E-state index < -0.39 is 0 Å². The molecule has 0 aliphatic rings. The fourth-order valence-corrected chi connectivity index (χ4v) is 7.33. The van der Waals surface area contributed by atoms with E-state index in [9.17, 15) is 14.7 Å². The zero-order valence-corrected chi connectivity index (χ0v) is 35.6. The molecule has 0 radical (unpaired) electrons. The highest BCUT2D eigenvalue weighted by Gasteiger charge is 2.20. The molecule has 1 N–H and O–H groups in total. The van der Waals surface area contributed by atoms with Gasteiger partial charge in [-0.25, -0.2) is 0 Å². The first kappa shape index (κ1) is 50.9. The smallest absolute Gasteiger partial charge is 0.308 e. The molecule has 0 bridgehead atoms. The van der Waals surface area contributed by atoms with Gasteiger partial charge in [-0.15, -0.1) is 0 Å². The molecule has 0 aliphatic heterocycles. The van der Waals surface area contributed by atoms with E-state index in [-0.39, 0.29) is 30.4 Å². The molecule has 0 spiro atoms. The van der Waals surface area contributed by atoms with E-state index in [0.29, 0.717) is 13.2 Å². The Balaban J connectivity index is 4.45. The number of rotatable bonds is 42. The number of hydrogen-bond donors (Lipinski definition) is 1. The predicted molar refractivity (Wildman–Crippen MR) is 223 cm³/mol. The van der Waals surface area contributed by atoms with Gasteiger partial charge >= 0.3 is 11.9 Å². The number of ether oxygens (including phenoxy) is 2. The van der Waals surface area contributed by atoms with Crippen LogP contribution in [-0.4, -0.2) is 61.4 Å². The first-order chi connectivity index (χ1) is 25.5. The van der Waals surface area contributed by atoms with Crippen molar-refractivity contribution in [2.24, 2.45) is 11.8 Å². The van der Waals surface area contributed by atoms with E-state index in [4.69, 9.17) is 9.47 Å². The third-order valence-electron chi connectivity index (χ3n) is 10.9. The topological polar surface area (TPSA) is 76.1 Å². The van der Waals surface area contributed by atoms with Gasteiger partial charge in [0, 0.05) is 6.61 Å². The SMILES string of the molecule is CCCCCCCCC(CCCCCC)C(=O)OCCCCCCN(CCCCO)CCCCOC(=O)C(CCCCCC)CCCCCCCC. The van der Waals surface area contributed by atoms with Gasteiger partial charge in [0.15, 0.2) is 0 Å². The Hall–Kier alpha value is -1.14. The van der Waals surface area contributed by atoms with Crippen LogP contribution in [0.1, 0.15) is 233 Å². The highest BCUT2D eigenvalue weighted by molar-refractivity contribution is 5.72. The van der Waals surface area contributed by atoms with Gasteiger partial charge in [-0.05, 0) is 83.8 Å². The van der Waals surface area contributed by atoms with Crippen LogP contribution in [0.15, 0.2) is 0 Å². The Labute approximate surface area is 324 Å². The zero-order chi connectivity index (χ0) is 38.2. The van der Waals surface area contributed by atoms with Crippen molar-refractivity contribution in [2.45, 2.75) is 233 Å². The first-order valence-corrected chi connectivity index (χ1v) is 23.2. The fraction of sp³-hybridized carbons (Fsp3) is 0.957. The first-order valence-electron chi connectivity index (χ1n) is 23.2. The molecule has 0 rings (SSSR count). The summed E-state index contributed by atoms with van der Waals surface area (Å²) in [7, 11) is 0. The van der Waals surface area contributed by atoms with Crippen LogP contribution in [0.4, 0.5) is 0 Å². The van der Waals surface area contributed by atoms with E-state index in [1.165, 1.54) is 103 Å². The van der Waals surface area contributed by atoms with Crippen LogP contribution < -0.4 is 0 Å². The summed E-state index contributed by atoms with van der Waals surface area (Å²) < 4.78 is 11.7. The molecule has 0 heterocycles. The quantitative estimate of drug-likeness (QED) is 0.0496. The lowest BCUT2D eigenvalue weighted by Crippen LogP contribution is -2.28. The number of aliphatic hydroxyl groups is 1. The summed E-state index contributed by atoms with van der Waals surface area (Å²) in [5.41, 5.74) is 0. The molecule has 0 saturated carbocycles. The molecule has 0 aromatic heterocycles. The minimum atomic E-state index is 0.0378. The molecule has 52 heavy (non-hydrogen) atoms. The second-order valence-electron chi connectivity index (χ2n) is 15.9. The number of unbranched alkanes of at least 4 members (excludes halogenated alkanes) is 21. The molecule has 6 nitrogen and oxygen atoms in total. The van der Waals surface area contributed by atoms with Gasteiger partial charge in [-0.2, -0.15) is 0 Å². The Bertz CT molecular complexity index is 746. The fourth-order valence-electron chi connectivity index (χ4n) is 7.33. The summed E-state index contributed by atoms with van der Waals surface area (Å²) in [6, 6.07) is 0. The summed E-state index contributed by atoms with van der Waals surface area (Å²) in [6.07, 6.45) is 36.9. The van der Waals surface area contributed by atoms with Crippen molar-refractivity contribution in [2.75, 3.05) is 39.5 Å². The third kappa shape index (κ3) is 33.4. The van der Waals surface area contributed by atoms with E-state index >= 15 is 0 Å². The maximum atomic E-state index is 13.0. The molecule has 0 aromatic carbocycles. The summed E-state index contributed by atoms with van der Waals surface area (Å²) in [5.74, 6) is 0.242. The van der Waals surface area contributed by atoms with Crippen LogP contribution in [0.25, 0.3) is 0 Å². The van der Waals surface area contributed by atoms with Gasteiger partial charge in [-0.1, -0.05) is 169 Å². The van der Waals surface area contributed by atoms with Crippen molar-refractivity contribution in [1.29, 1.82) is 0 Å². The van der Waals surface area contributed by atoms with E-state index in [0.717, 1.165) is 122 Å². The van der Waals surface area contributed by atoms with Crippen LogP contribution in [-0.2, 0) is 19.1 Å². The Morgan fingerprint density at radius 3 is 1.10 bits per heavy atom. The van der Waals surface area contributed by atoms with Crippen molar-refractivity contribution in [3.63, 3.8) is 0 Å². The average molecular weight is 738 g/mol. The van der Waals surface area contributed by atoms with E-state index in [1.807, 2.05) is 0 Å². The normalized spacial score (nSPS) is 12.7. The standard InChI is InChI=1S/C46H91NO5/c1-5-9-13-17-19-25-35-43(33-23-15-11-7-3)45(49)51-41-31-22-21-27-37-47(38-28-30-40-48)39-29-32-42-52-46(50)44(34-24-16-12-8-4)36-26-20-18-14-10-6-2/h43-44,48H,5-42H2,1-4H3. The van der Waals surface area contributed by atoms with Crippen LogP contribution in [0, 0.1) is 11.8 Å². The van der Waals surface area contributed by atoms with Gasteiger partial charge < -0.3 is 19.5 Å². The number of aliphatic hydroxyl groups excluding tert-OH is 1. The third-order valence-corrected chi connectivity index (χ3v) is 10.9. The van der Waals surface area contributed by atoms with Gasteiger partial charge in [0.05, 0.1) is 25.0 Å². The molecule has 0 aromatic rings. The molecular formula is C46H91NO5. The Morgan fingerprint density at radius 2 is 0.692 bits per heavy atom. The molecule has 0 aliphatic carbocycles. The number of esters is 2. The monoisotopic (exact) mass is 738 g/mol. The summed E-state index contributed by atoms with van der Waals surface area (Å²) in [5, 5.41) is 9.32. The molecule has 2 unspecified atom stereocenters. The van der Waals surface area contributed by atoms with Gasteiger partial charge in [0.1, 0.15) is 0 Å². The van der Waals surface area contributed by atoms with E-state index in [1.54, 1.807) is 0 Å². The second-order valence-corrected chi connectivity index (χ2v) is 15.9. The van der Waals surface area contributed by atoms with E-state index in [2.05, 4.69) is 32.6 Å². The zero-order valence-electron chi connectivity index (χ0n) is 35.6. The molecule has 0 amide bonds. The maximum Gasteiger partial charge on any atom is 0.308 e. The maximum absolute atomic E-state index is 13.0. The van der Waals surface area contributed by atoms with Gasteiger partial charge in [0.2, 0.25) is 0 Å². The van der Waals surface area contributed by atoms with Crippen molar-refractivity contribution in [3.05, 3.63) is 0 Å². The highest BCUT2D eigenvalue weighted by Crippen LogP contribution is 2.22. The molecular weight excluding hydrogens is 647 g/mol. The van der Waals surface area contributed by atoms with Crippen LogP contribution in [0.5, 0.6) is 0 Å². The number of nitrogens with zero attached hydrogens (tertiary/aromatic N) is 1. The van der Waals surface area contributed by atoms with Crippen LogP contribution >= 0.6 is 0 Å². The highest BCUT2D eigenvalue weighted by atomic mass is 16.5. The average Bonchev–Trinajstić information content (AvgIpc) is 3.15. The molecule has 6 heteroatoms. The lowest BCUT2D eigenvalue weighted by atomic mass is 9.94. The molecule has 0 fully saturated rings. The van der Waals surface area contributed by atoms with Gasteiger partial charge in [-0.3, -0.25) is 9.59 Å². The van der Waals surface area contributed by atoms with Crippen molar-refractivity contribution in [3.8, 4) is 0 Å². The summed E-state index contributed by atoms with van der Waals surface area (Å²) in [6.45, 7) is 13.4. The number of carbonyl (C=O) groups is 2. The predicted octanol–water partition coefficient (Wildman–Crippen LogP) is 13.2. The Kier molecular flexibility index (Phi) is 40.1. The van der Waals surface area contributed by atoms with Crippen LogP contribution in [0.2, 0.25) is 0 Å². The van der Waals surface area contributed by atoms with Crippen molar-refractivity contribution >= 4 is 11.9 Å². The summed E-state index contributed by atoms with van der Waals surface area (Å²) >= 11 is 0. The lowest BCUT2D eigenvalue weighted by molar-refractivity contribution is -0.150. The second kappa shape index (κ2) is 41.0. The van der Waals surface area contributed by atoms with Crippen molar-refractivity contribution in [1.82, 2.24) is 4.90 Å². The minimum Gasteiger partial charge on any atom is -0.465 e. The molecule has 0 saturated heterocycles. The van der Waals surface area contributed by atoms with Crippen molar-refractivity contribution < 1.29 is 24.2 Å². The minimum absolute atomic E-state index is 0.0378. The van der Waals surface area contributed by atoms with Gasteiger partial charge in [0.25, 0.3) is 0 Å². The summed E-state index contributed by atoms with van der Waals surface area (Å²) in [4.78, 5) is 28.5. The number of carbonyl (C=O) groups excluding carboxylic acids is 2. The largest absolute Gasteiger partial charge is 0.465 e. The molecule has 310 valence electrons.